The maximum Gasteiger partial charge on any atom is 0.394 e. The first-order valence-electron chi connectivity index (χ1n) is 3.66. The molecule has 7 heteroatoms. The van der Waals surface area contributed by atoms with E-state index in [9.17, 15) is 4.79 Å². The van der Waals surface area contributed by atoms with E-state index in [1.54, 1.807) is 31.4 Å². The predicted octanol–water partition coefficient (Wildman–Crippen LogP) is 0.855. The zero-order valence-corrected chi connectivity index (χ0v) is 8.64. The van der Waals surface area contributed by atoms with E-state index in [0.29, 0.717) is 5.56 Å². The highest BCUT2D eigenvalue weighted by Crippen LogP contribution is 2.09. The van der Waals surface area contributed by atoms with Gasteiger partial charge in [0.2, 0.25) is 0 Å². The highest BCUT2D eigenvalue weighted by atomic mass is 32.3. The summed E-state index contributed by atoms with van der Waals surface area (Å²) in [6.45, 7) is 0. The number of ether oxygens (including phenoxy) is 1. The normalized spacial score (nSPS) is 9.80. The molecule has 15 heavy (non-hydrogen) atoms. The average Bonchev–Trinajstić information content (AvgIpc) is 2.15. The predicted molar refractivity (Wildman–Crippen MR) is 52.6 cm³/mol. The summed E-state index contributed by atoms with van der Waals surface area (Å²) in [5.41, 5.74) is 0.667. The Morgan fingerprint density at radius 3 is 1.87 bits per heavy atom. The van der Waals surface area contributed by atoms with E-state index in [4.69, 9.17) is 22.3 Å². The Labute approximate surface area is 87.1 Å². The van der Waals surface area contributed by atoms with Crippen LogP contribution in [0, 0.1) is 0 Å². The molecular formula is C8H10O6S. The summed E-state index contributed by atoms with van der Waals surface area (Å²) in [5, 5.41) is 0. The van der Waals surface area contributed by atoms with Crippen molar-refractivity contribution >= 4 is 16.7 Å². The van der Waals surface area contributed by atoms with Crippen molar-refractivity contribution in [2.75, 3.05) is 7.11 Å². The van der Waals surface area contributed by atoms with E-state index in [0.717, 1.165) is 12.0 Å². The van der Waals surface area contributed by atoms with Crippen LogP contribution in [-0.4, -0.2) is 30.9 Å². The van der Waals surface area contributed by atoms with Crippen LogP contribution in [-0.2, 0) is 10.4 Å². The molecule has 0 aliphatic heterocycles. The first-order chi connectivity index (χ1) is 6.86. The first-order valence-corrected chi connectivity index (χ1v) is 5.05. The minimum atomic E-state index is -4.67. The van der Waals surface area contributed by atoms with Gasteiger partial charge in [-0.1, -0.05) is 0 Å². The molecule has 1 rings (SSSR count). The van der Waals surface area contributed by atoms with Crippen LogP contribution in [0.4, 0.5) is 0 Å². The topological polar surface area (TPSA) is 101 Å². The van der Waals surface area contributed by atoms with Crippen molar-refractivity contribution in [3.8, 4) is 5.75 Å². The second-order valence-electron chi connectivity index (χ2n) is 2.34. The SMILES string of the molecule is COc1ccc(C=O)cc1.O=S(=O)(O)O. The lowest BCUT2D eigenvalue weighted by Gasteiger charge is -1.96. The number of hydrogen-bond donors (Lipinski definition) is 2. The van der Waals surface area contributed by atoms with Gasteiger partial charge in [-0.15, -0.1) is 0 Å². The molecule has 0 fully saturated rings. The molecule has 0 atom stereocenters. The molecule has 1 aromatic carbocycles. The molecule has 0 amide bonds. The van der Waals surface area contributed by atoms with Gasteiger partial charge < -0.3 is 4.74 Å². The second-order valence-corrected chi connectivity index (χ2v) is 3.23. The van der Waals surface area contributed by atoms with Crippen LogP contribution >= 0.6 is 0 Å². The van der Waals surface area contributed by atoms with Crippen molar-refractivity contribution in [2.45, 2.75) is 0 Å². The third-order valence-corrected chi connectivity index (χ3v) is 1.25. The lowest BCUT2D eigenvalue weighted by atomic mass is 10.2. The van der Waals surface area contributed by atoms with Crippen LogP contribution in [0.15, 0.2) is 24.3 Å². The Balaban J connectivity index is 0.000000336. The summed E-state index contributed by atoms with van der Waals surface area (Å²) < 4.78 is 36.5. The van der Waals surface area contributed by atoms with Gasteiger partial charge in [-0.2, -0.15) is 8.42 Å². The van der Waals surface area contributed by atoms with Gasteiger partial charge in [0.15, 0.2) is 0 Å². The van der Waals surface area contributed by atoms with E-state index in [1.165, 1.54) is 0 Å². The molecule has 0 aromatic heterocycles. The molecule has 0 spiro atoms. The standard InChI is InChI=1S/C8H8O2.H2O4S/c1-10-8-4-2-7(6-9)3-5-8;1-5(2,3)4/h2-6H,1H3;(H2,1,2,3,4). The number of carbonyl (C=O) groups is 1. The highest BCUT2D eigenvalue weighted by Gasteiger charge is 1.89. The molecule has 1 aromatic rings. The molecule has 0 aliphatic rings. The van der Waals surface area contributed by atoms with Crippen LogP contribution in [0.2, 0.25) is 0 Å². The van der Waals surface area contributed by atoms with Gasteiger partial charge in [-0.05, 0) is 24.3 Å². The maximum absolute atomic E-state index is 10.2. The summed E-state index contributed by atoms with van der Waals surface area (Å²) in [5.74, 6) is 0.769. The number of hydrogen-bond acceptors (Lipinski definition) is 4. The molecule has 84 valence electrons. The van der Waals surface area contributed by atoms with Crippen molar-refractivity contribution in [3.63, 3.8) is 0 Å². The van der Waals surface area contributed by atoms with Crippen molar-refractivity contribution in [3.05, 3.63) is 29.8 Å². The Kier molecular flexibility index (Phi) is 5.53. The Hall–Kier alpha value is -1.44. The van der Waals surface area contributed by atoms with Crippen LogP contribution in [0.5, 0.6) is 5.75 Å². The minimum absolute atomic E-state index is 0.667. The molecule has 2 N–H and O–H groups in total. The smallest absolute Gasteiger partial charge is 0.394 e. The van der Waals surface area contributed by atoms with E-state index < -0.39 is 10.4 Å². The molecule has 0 saturated heterocycles. The second kappa shape index (κ2) is 6.12. The number of aldehydes is 1. The molecule has 0 radical (unpaired) electrons. The quantitative estimate of drug-likeness (QED) is 0.581. The third-order valence-electron chi connectivity index (χ3n) is 1.25. The van der Waals surface area contributed by atoms with Crippen molar-refractivity contribution < 1.29 is 27.1 Å². The molecule has 0 aliphatic carbocycles. The van der Waals surface area contributed by atoms with Crippen LogP contribution in [0.3, 0.4) is 0 Å². The van der Waals surface area contributed by atoms with Crippen molar-refractivity contribution in [1.29, 1.82) is 0 Å². The highest BCUT2D eigenvalue weighted by molar-refractivity contribution is 7.79. The summed E-state index contributed by atoms with van der Waals surface area (Å²) in [6.07, 6.45) is 0.805. The van der Waals surface area contributed by atoms with Gasteiger partial charge >= 0.3 is 10.4 Å². The van der Waals surface area contributed by atoms with Gasteiger partial charge in [-0.25, -0.2) is 0 Å². The maximum atomic E-state index is 10.2. The zero-order chi connectivity index (χ0) is 11.9. The minimum Gasteiger partial charge on any atom is -0.497 e. The van der Waals surface area contributed by atoms with Crippen LogP contribution < -0.4 is 4.74 Å². The van der Waals surface area contributed by atoms with Crippen molar-refractivity contribution in [2.24, 2.45) is 0 Å². The fraction of sp³-hybridized carbons (Fsp3) is 0.125. The van der Waals surface area contributed by atoms with Crippen LogP contribution in [0.25, 0.3) is 0 Å². The van der Waals surface area contributed by atoms with Gasteiger partial charge in [0.1, 0.15) is 12.0 Å². The molecule has 0 saturated carbocycles. The fourth-order valence-corrected chi connectivity index (χ4v) is 0.682. The van der Waals surface area contributed by atoms with Crippen molar-refractivity contribution in [1.82, 2.24) is 0 Å². The van der Waals surface area contributed by atoms with E-state index >= 15 is 0 Å². The number of rotatable bonds is 2. The molecule has 6 nitrogen and oxygen atoms in total. The average molecular weight is 234 g/mol. The monoisotopic (exact) mass is 234 g/mol. The molecule has 0 bridgehead atoms. The van der Waals surface area contributed by atoms with E-state index in [-0.39, 0.29) is 0 Å². The Bertz CT molecular complexity index is 386. The lowest BCUT2D eigenvalue weighted by molar-refractivity contribution is 0.112. The zero-order valence-electron chi connectivity index (χ0n) is 7.82. The molecular weight excluding hydrogens is 224 g/mol. The fourth-order valence-electron chi connectivity index (χ4n) is 0.682. The van der Waals surface area contributed by atoms with Crippen LogP contribution in [0.1, 0.15) is 10.4 Å². The number of benzene rings is 1. The van der Waals surface area contributed by atoms with E-state index in [1.807, 2.05) is 0 Å². The van der Waals surface area contributed by atoms with Gasteiger partial charge in [0, 0.05) is 5.56 Å². The van der Waals surface area contributed by atoms with E-state index in [2.05, 4.69) is 0 Å². The summed E-state index contributed by atoms with van der Waals surface area (Å²) in [7, 11) is -3.07. The summed E-state index contributed by atoms with van der Waals surface area (Å²) >= 11 is 0. The number of methoxy groups -OCH3 is 1. The summed E-state index contributed by atoms with van der Waals surface area (Å²) in [4.78, 5) is 10.2. The third kappa shape index (κ3) is 8.88. The first kappa shape index (κ1) is 13.6. The van der Waals surface area contributed by atoms with Gasteiger partial charge in [-0.3, -0.25) is 13.9 Å². The van der Waals surface area contributed by atoms with Gasteiger partial charge in [0.05, 0.1) is 7.11 Å². The largest absolute Gasteiger partial charge is 0.497 e. The summed E-state index contributed by atoms with van der Waals surface area (Å²) in [6, 6.07) is 6.94. The Morgan fingerprint density at radius 1 is 1.20 bits per heavy atom. The molecule has 0 heterocycles. The number of carbonyl (C=O) groups excluding carboxylic acids is 1. The lowest BCUT2D eigenvalue weighted by Crippen LogP contribution is -1.89. The Morgan fingerprint density at radius 2 is 1.60 bits per heavy atom. The molecule has 0 unspecified atom stereocenters. The van der Waals surface area contributed by atoms with Gasteiger partial charge in [0.25, 0.3) is 0 Å².